The van der Waals surface area contributed by atoms with Crippen molar-refractivity contribution in [3.05, 3.63) is 107 Å². The number of aromatic nitrogens is 1. The van der Waals surface area contributed by atoms with E-state index in [1.54, 1.807) is 18.3 Å². The highest BCUT2D eigenvalue weighted by Crippen LogP contribution is 2.25. The lowest BCUT2D eigenvalue weighted by Gasteiger charge is -2.12. The molecule has 0 aliphatic heterocycles. The average molecular weight is 410 g/mol. The van der Waals surface area contributed by atoms with Crippen LogP contribution in [-0.2, 0) is 0 Å². The largest absolute Gasteiger partial charge is 0.478 e. The first-order chi connectivity index (χ1) is 15.0. The third-order valence-electron chi connectivity index (χ3n) is 5.01. The highest BCUT2D eigenvalue weighted by Gasteiger charge is 2.15. The summed E-state index contributed by atoms with van der Waals surface area (Å²) in [7, 11) is 0. The van der Waals surface area contributed by atoms with Gasteiger partial charge in [0.1, 0.15) is 11.5 Å². The van der Waals surface area contributed by atoms with Crippen LogP contribution in [0.2, 0.25) is 0 Å². The first-order valence-corrected chi connectivity index (χ1v) is 9.91. The van der Waals surface area contributed by atoms with Crippen LogP contribution in [0.15, 0.2) is 89.9 Å². The van der Waals surface area contributed by atoms with E-state index < -0.39 is 5.97 Å². The number of aromatic carboxylic acids is 1. The maximum atomic E-state index is 11.6. The molecule has 31 heavy (non-hydrogen) atoms. The number of aliphatic imine (C=N–C) groups is 1. The lowest BCUT2D eigenvalue weighted by Crippen LogP contribution is -2.07. The topological polar surface area (TPSA) is 63.8 Å². The summed E-state index contributed by atoms with van der Waals surface area (Å²) in [5.41, 5.74) is 4.52. The number of carbonyl (C=O) groups is 1. The van der Waals surface area contributed by atoms with Crippen molar-refractivity contribution in [2.24, 2.45) is 4.99 Å². The van der Waals surface area contributed by atoms with E-state index in [2.05, 4.69) is 4.99 Å². The molecule has 0 fully saturated rings. The van der Waals surface area contributed by atoms with E-state index >= 15 is 0 Å². The van der Waals surface area contributed by atoms with Crippen LogP contribution in [0.25, 0.3) is 5.69 Å². The van der Waals surface area contributed by atoms with Gasteiger partial charge in [-0.1, -0.05) is 30.3 Å². The van der Waals surface area contributed by atoms with Gasteiger partial charge in [-0.15, -0.1) is 0 Å². The summed E-state index contributed by atoms with van der Waals surface area (Å²) in [4.78, 5) is 16.2. The number of aryl methyl sites for hydroxylation is 1. The SMILES string of the molecule is Cc1cc(C=Nc2ccc(Oc3ccccc3)cc2)c(C)n1-c1ccccc1C(=O)O. The van der Waals surface area contributed by atoms with Gasteiger partial charge in [0, 0.05) is 23.2 Å². The number of benzene rings is 3. The molecule has 1 aromatic heterocycles. The molecule has 1 N–H and O–H groups in total. The summed E-state index contributed by atoms with van der Waals surface area (Å²) in [6, 6.07) is 26.2. The third kappa shape index (κ3) is 4.41. The van der Waals surface area contributed by atoms with Crippen LogP contribution in [0.1, 0.15) is 27.3 Å². The summed E-state index contributed by atoms with van der Waals surface area (Å²) in [5.74, 6) is 0.581. The third-order valence-corrected chi connectivity index (χ3v) is 5.01. The zero-order valence-electron chi connectivity index (χ0n) is 17.3. The second-order valence-corrected chi connectivity index (χ2v) is 7.15. The van der Waals surface area contributed by atoms with Gasteiger partial charge in [-0.3, -0.25) is 4.99 Å². The molecule has 0 atom stereocenters. The monoisotopic (exact) mass is 410 g/mol. The fourth-order valence-electron chi connectivity index (χ4n) is 3.51. The van der Waals surface area contributed by atoms with Crippen molar-refractivity contribution >= 4 is 17.9 Å². The maximum Gasteiger partial charge on any atom is 0.337 e. The first kappa shape index (κ1) is 20.2. The van der Waals surface area contributed by atoms with Crippen molar-refractivity contribution in [3.8, 4) is 17.2 Å². The number of rotatable bonds is 6. The second kappa shape index (κ2) is 8.71. The summed E-state index contributed by atoms with van der Waals surface area (Å²) in [5, 5.41) is 9.53. The maximum absolute atomic E-state index is 11.6. The van der Waals surface area contributed by atoms with Crippen LogP contribution in [0.4, 0.5) is 5.69 Å². The van der Waals surface area contributed by atoms with Gasteiger partial charge in [-0.25, -0.2) is 4.79 Å². The molecular formula is C26H22N2O3. The Labute approximate surface area is 180 Å². The molecule has 0 unspecified atom stereocenters. The first-order valence-electron chi connectivity index (χ1n) is 9.91. The summed E-state index contributed by atoms with van der Waals surface area (Å²) < 4.78 is 7.76. The van der Waals surface area contributed by atoms with Crippen molar-refractivity contribution in [1.29, 1.82) is 0 Å². The fourth-order valence-corrected chi connectivity index (χ4v) is 3.51. The van der Waals surface area contributed by atoms with E-state index in [0.717, 1.165) is 34.1 Å². The molecule has 0 saturated carbocycles. The molecule has 0 saturated heterocycles. The van der Waals surface area contributed by atoms with Crippen molar-refractivity contribution < 1.29 is 14.6 Å². The molecule has 1 heterocycles. The molecule has 5 heteroatoms. The van der Waals surface area contributed by atoms with Crippen LogP contribution >= 0.6 is 0 Å². The van der Waals surface area contributed by atoms with Crippen molar-refractivity contribution in [1.82, 2.24) is 4.57 Å². The number of nitrogens with zero attached hydrogens (tertiary/aromatic N) is 2. The van der Waals surface area contributed by atoms with Gasteiger partial charge in [-0.05, 0) is 68.4 Å². The minimum absolute atomic E-state index is 0.266. The molecule has 4 aromatic rings. The molecule has 4 rings (SSSR count). The Morgan fingerprint density at radius 3 is 2.26 bits per heavy atom. The quantitative estimate of drug-likeness (QED) is 0.378. The van der Waals surface area contributed by atoms with Crippen LogP contribution < -0.4 is 4.74 Å². The molecular weight excluding hydrogens is 388 g/mol. The predicted molar refractivity (Wildman–Crippen MR) is 122 cm³/mol. The summed E-state index contributed by atoms with van der Waals surface area (Å²) >= 11 is 0. The van der Waals surface area contributed by atoms with E-state index in [-0.39, 0.29) is 5.56 Å². The van der Waals surface area contributed by atoms with E-state index in [4.69, 9.17) is 4.74 Å². The number of carboxylic acid groups (broad SMARTS) is 1. The lowest BCUT2D eigenvalue weighted by molar-refractivity contribution is 0.0697. The minimum atomic E-state index is -0.948. The molecule has 5 nitrogen and oxygen atoms in total. The van der Waals surface area contributed by atoms with E-state index in [1.807, 2.05) is 91.2 Å². The van der Waals surface area contributed by atoms with Crippen LogP contribution in [-0.4, -0.2) is 21.9 Å². The normalized spacial score (nSPS) is 11.0. The molecule has 154 valence electrons. The van der Waals surface area contributed by atoms with Crippen molar-refractivity contribution in [2.45, 2.75) is 13.8 Å². The van der Waals surface area contributed by atoms with Gasteiger partial charge in [0.05, 0.1) is 16.9 Å². The second-order valence-electron chi connectivity index (χ2n) is 7.15. The Hall–Kier alpha value is -4.12. The van der Waals surface area contributed by atoms with Crippen molar-refractivity contribution in [2.75, 3.05) is 0 Å². The van der Waals surface area contributed by atoms with Gasteiger partial charge in [0.15, 0.2) is 0 Å². The van der Waals surface area contributed by atoms with Gasteiger partial charge >= 0.3 is 5.97 Å². The number of hydrogen-bond acceptors (Lipinski definition) is 3. The Kier molecular flexibility index (Phi) is 5.67. The highest BCUT2D eigenvalue weighted by molar-refractivity contribution is 5.92. The minimum Gasteiger partial charge on any atom is -0.478 e. The number of ether oxygens (including phenoxy) is 1. The van der Waals surface area contributed by atoms with Gasteiger partial charge < -0.3 is 14.4 Å². The lowest BCUT2D eigenvalue weighted by atomic mass is 10.1. The van der Waals surface area contributed by atoms with Crippen LogP contribution in [0.3, 0.4) is 0 Å². The predicted octanol–water partition coefficient (Wildman–Crippen LogP) is 6.34. The fraction of sp³-hybridized carbons (Fsp3) is 0.0769. The Bertz CT molecular complexity index is 1240. The number of carboxylic acids is 1. The molecule has 0 aliphatic rings. The van der Waals surface area contributed by atoms with Crippen LogP contribution in [0, 0.1) is 13.8 Å². The van der Waals surface area contributed by atoms with E-state index in [0.29, 0.717) is 5.69 Å². The average Bonchev–Trinajstić information content (AvgIpc) is 3.07. The number of para-hydroxylation sites is 2. The molecule has 0 amide bonds. The molecule has 0 aliphatic carbocycles. The zero-order valence-corrected chi connectivity index (χ0v) is 17.3. The molecule has 3 aromatic carbocycles. The smallest absolute Gasteiger partial charge is 0.337 e. The van der Waals surface area contributed by atoms with Gasteiger partial charge in [-0.2, -0.15) is 0 Å². The van der Waals surface area contributed by atoms with Crippen LogP contribution in [0.5, 0.6) is 11.5 Å². The van der Waals surface area contributed by atoms with E-state index in [1.165, 1.54) is 0 Å². The van der Waals surface area contributed by atoms with Crippen molar-refractivity contribution in [3.63, 3.8) is 0 Å². The Morgan fingerprint density at radius 1 is 0.903 bits per heavy atom. The zero-order chi connectivity index (χ0) is 21.8. The number of hydrogen-bond donors (Lipinski definition) is 1. The molecule has 0 radical (unpaired) electrons. The highest BCUT2D eigenvalue weighted by atomic mass is 16.5. The summed E-state index contributed by atoms with van der Waals surface area (Å²) in [6.07, 6.45) is 1.80. The van der Waals surface area contributed by atoms with Gasteiger partial charge in [0.2, 0.25) is 0 Å². The van der Waals surface area contributed by atoms with E-state index in [9.17, 15) is 9.90 Å². The Morgan fingerprint density at radius 2 is 1.55 bits per heavy atom. The molecule has 0 bridgehead atoms. The molecule has 0 spiro atoms. The van der Waals surface area contributed by atoms with Gasteiger partial charge in [0.25, 0.3) is 0 Å². The Balaban J connectivity index is 1.57. The standard InChI is InChI=1S/C26H22N2O3/c1-18-16-20(19(2)28(18)25-11-7-6-10-24(25)26(29)30)17-27-21-12-14-23(15-13-21)31-22-8-4-3-5-9-22/h3-17H,1-2H3,(H,29,30). The summed E-state index contributed by atoms with van der Waals surface area (Å²) in [6.45, 7) is 3.92.